The fourth-order valence-corrected chi connectivity index (χ4v) is 3.52. The van der Waals surface area contributed by atoms with Gasteiger partial charge >= 0.3 is 6.03 Å². The van der Waals surface area contributed by atoms with Gasteiger partial charge in [0, 0.05) is 22.8 Å². The van der Waals surface area contributed by atoms with Crippen LogP contribution in [0.3, 0.4) is 0 Å². The lowest BCUT2D eigenvalue weighted by atomic mass is 10.3. The molecular formula is C20H23Cl2N7O3S. The lowest BCUT2D eigenvalue weighted by Crippen LogP contribution is -2.34. The number of nitrogens with zero attached hydrogens (tertiary/aromatic N) is 3. The molecule has 0 aliphatic carbocycles. The minimum Gasteiger partial charge on any atom is -0.369 e. The number of aliphatic imine (C=N–C) groups is 1. The predicted octanol–water partition coefficient (Wildman–Crippen LogP) is 3.51. The average Bonchev–Trinajstić information content (AvgIpc) is 2.67. The normalized spacial score (nSPS) is 10.9. The summed E-state index contributed by atoms with van der Waals surface area (Å²) in [7, 11) is -4.05. The molecule has 13 heteroatoms. The van der Waals surface area contributed by atoms with E-state index in [1.165, 1.54) is 24.3 Å². The molecule has 2 aromatic carbocycles. The molecule has 176 valence electrons. The van der Waals surface area contributed by atoms with E-state index in [0.29, 0.717) is 11.4 Å². The van der Waals surface area contributed by atoms with Crippen LogP contribution >= 0.6 is 24.8 Å². The highest BCUT2D eigenvalue weighted by Gasteiger charge is 2.17. The topological polar surface area (TPSA) is 151 Å². The van der Waals surface area contributed by atoms with E-state index in [1.807, 2.05) is 24.6 Å². The van der Waals surface area contributed by atoms with Crippen molar-refractivity contribution >= 4 is 64.2 Å². The van der Waals surface area contributed by atoms with Crippen LogP contribution in [0.2, 0.25) is 0 Å². The first-order valence-electron chi connectivity index (χ1n) is 9.14. The van der Waals surface area contributed by atoms with Crippen LogP contribution in [0, 0.1) is 13.8 Å². The Morgan fingerprint density at radius 1 is 0.879 bits per heavy atom. The molecule has 0 radical (unpaired) electrons. The molecule has 0 aliphatic heterocycles. The van der Waals surface area contributed by atoms with Crippen molar-refractivity contribution in [3.8, 4) is 0 Å². The number of carbonyl (C=O) groups excluding carboxylic acids is 1. The standard InChI is InChI=1S/C20H21N7O3S.2ClH/c1-13-12-14(2)23-19(22-13)26-18(21)24-16-8-10-17(11-9-16)31(29,30)27-20(28)25-15-6-4-3-5-7-15;;/h3-12H,1-2H3,(H2,25,27,28)(H3,21,22,23,24,26);2*1H. The summed E-state index contributed by atoms with van der Waals surface area (Å²) >= 11 is 0. The van der Waals surface area contributed by atoms with Gasteiger partial charge in [-0.2, -0.15) is 4.99 Å². The maximum Gasteiger partial charge on any atom is 0.333 e. The van der Waals surface area contributed by atoms with E-state index in [0.717, 1.165) is 11.4 Å². The number of nitrogens with two attached hydrogens (primary N) is 1. The second-order valence-electron chi connectivity index (χ2n) is 6.52. The fourth-order valence-electron chi connectivity index (χ4n) is 2.62. The van der Waals surface area contributed by atoms with Crippen LogP contribution in [-0.4, -0.2) is 30.4 Å². The Morgan fingerprint density at radius 3 is 2.00 bits per heavy atom. The molecule has 0 bridgehead atoms. The quantitative estimate of drug-likeness (QED) is 0.302. The third kappa shape index (κ3) is 8.22. The third-order valence-electron chi connectivity index (χ3n) is 3.89. The first kappa shape index (κ1) is 27.6. The van der Waals surface area contributed by atoms with E-state index in [9.17, 15) is 13.2 Å². The maximum atomic E-state index is 12.4. The molecular weight excluding hydrogens is 489 g/mol. The average molecular weight is 512 g/mol. The highest BCUT2D eigenvalue weighted by Crippen LogP contribution is 2.15. The number of anilines is 2. The van der Waals surface area contributed by atoms with E-state index in [2.05, 4.69) is 25.6 Å². The Bertz CT molecular complexity index is 1200. The van der Waals surface area contributed by atoms with Gasteiger partial charge in [0.05, 0.1) is 4.90 Å². The van der Waals surface area contributed by atoms with Crippen LogP contribution < -0.4 is 21.1 Å². The van der Waals surface area contributed by atoms with Gasteiger partial charge in [-0.15, -0.1) is 24.8 Å². The Hall–Kier alpha value is -3.41. The van der Waals surface area contributed by atoms with Gasteiger partial charge in [0.15, 0.2) is 0 Å². The summed E-state index contributed by atoms with van der Waals surface area (Å²) in [4.78, 5) is 24.3. The molecule has 33 heavy (non-hydrogen) atoms. The number of urea groups is 1. The Labute approximate surface area is 204 Å². The number of carbonyl (C=O) groups is 1. The Balaban J connectivity index is 0.00000272. The van der Waals surface area contributed by atoms with Crippen LogP contribution in [0.25, 0.3) is 0 Å². The molecule has 5 N–H and O–H groups in total. The van der Waals surface area contributed by atoms with Crippen LogP contribution in [-0.2, 0) is 10.0 Å². The number of aryl methyl sites for hydroxylation is 2. The van der Waals surface area contributed by atoms with Crippen LogP contribution in [0.4, 0.5) is 22.1 Å². The van der Waals surface area contributed by atoms with E-state index in [4.69, 9.17) is 5.73 Å². The zero-order valence-corrected chi connectivity index (χ0v) is 20.1. The van der Waals surface area contributed by atoms with Gasteiger partial charge in [0.1, 0.15) is 0 Å². The zero-order chi connectivity index (χ0) is 22.4. The molecule has 0 unspecified atom stereocenters. The van der Waals surface area contributed by atoms with Crippen LogP contribution in [0.15, 0.2) is 70.6 Å². The molecule has 1 aromatic heterocycles. The summed E-state index contributed by atoms with van der Waals surface area (Å²) in [5, 5.41) is 5.29. The summed E-state index contributed by atoms with van der Waals surface area (Å²) in [6.45, 7) is 3.65. The Morgan fingerprint density at radius 2 is 1.42 bits per heavy atom. The second-order valence-corrected chi connectivity index (χ2v) is 8.21. The molecule has 3 rings (SSSR count). The van der Waals surface area contributed by atoms with E-state index in [-0.39, 0.29) is 41.6 Å². The molecule has 0 aliphatic rings. The SMILES string of the molecule is Cc1cc(C)nc(N=C(N)Nc2ccc(S(=O)(=O)NC(=O)Nc3ccccc3)cc2)n1.Cl.Cl. The van der Waals surface area contributed by atoms with Gasteiger partial charge < -0.3 is 16.4 Å². The summed E-state index contributed by atoms with van der Waals surface area (Å²) in [6, 6.07) is 15.1. The van der Waals surface area contributed by atoms with E-state index >= 15 is 0 Å². The number of guanidine groups is 1. The van der Waals surface area contributed by atoms with Crippen LogP contribution in [0.1, 0.15) is 11.4 Å². The largest absolute Gasteiger partial charge is 0.369 e. The van der Waals surface area contributed by atoms with Gasteiger partial charge in [0.2, 0.25) is 5.96 Å². The molecule has 0 spiro atoms. The van der Waals surface area contributed by atoms with Gasteiger partial charge in [0.25, 0.3) is 16.0 Å². The van der Waals surface area contributed by atoms with Crippen molar-refractivity contribution in [2.45, 2.75) is 18.7 Å². The maximum absolute atomic E-state index is 12.4. The summed E-state index contributed by atoms with van der Waals surface area (Å²) in [5.74, 6) is 0.260. The molecule has 0 fully saturated rings. The summed E-state index contributed by atoms with van der Waals surface area (Å²) < 4.78 is 26.8. The number of rotatable bonds is 5. The van der Waals surface area contributed by atoms with Gasteiger partial charge in [-0.3, -0.25) is 0 Å². The highest BCUT2D eigenvalue weighted by atomic mass is 35.5. The number of halogens is 2. The molecule has 0 atom stereocenters. The molecule has 0 saturated carbocycles. The molecule has 0 saturated heterocycles. The number of hydrogen-bond donors (Lipinski definition) is 4. The number of benzene rings is 2. The fraction of sp³-hybridized carbons (Fsp3) is 0.100. The van der Waals surface area contributed by atoms with Gasteiger partial charge in [-0.1, -0.05) is 18.2 Å². The monoisotopic (exact) mass is 511 g/mol. The van der Waals surface area contributed by atoms with Gasteiger partial charge in [-0.05, 0) is 56.3 Å². The van der Waals surface area contributed by atoms with E-state index in [1.54, 1.807) is 30.3 Å². The number of amides is 2. The van der Waals surface area contributed by atoms with Crippen molar-refractivity contribution in [3.05, 3.63) is 72.1 Å². The minimum absolute atomic E-state index is 0. The molecule has 10 nitrogen and oxygen atoms in total. The minimum atomic E-state index is -4.05. The molecule has 1 heterocycles. The van der Waals surface area contributed by atoms with Crippen molar-refractivity contribution in [2.75, 3.05) is 10.6 Å². The zero-order valence-electron chi connectivity index (χ0n) is 17.6. The van der Waals surface area contributed by atoms with Crippen molar-refractivity contribution < 1.29 is 13.2 Å². The first-order valence-corrected chi connectivity index (χ1v) is 10.6. The number of para-hydroxylation sites is 1. The Kier molecular flexibility index (Phi) is 10.0. The molecule has 3 aromatic rings. The van der Waals surface area contributed by atoms with Crippen molar-refractivity contribution in [3.63, 3.8) is 0 Å². The second kappa shape index (κ2) is 12.0. The summed E-state index contributed by atoms with van der Waals surface area (Å²) in [6.07, 6.45) is 0. The number of aromatic nitrogens is 2. The smallest absolute Gasteiger partial charge is 0.333 e. The van der Waals surface area contributed by atoms with Crippen molar-refractivity contribution in [2.24, 2.45) is 10.7 Å². The third-order valence-corrected chi connectivity index (χ3v) is 5.23. The lowest BCUT2D eigenvalue weighted by molar-refractivity contribution is 0.256. The van der Waals surface area contributed by atoms with Crippen molar-refractivity contribution in [1.29, 1.82) is 0 Å². The number of hydrogen-bond acceptors (Lipinski definition) is 6. The van der Waals surface area contributed by atoms with Crippen molar-refractivity contribution in [1.82, 2.24) is 14.7 Å². The van der Waals surface area contributed by atoms with Gasteiger partial charge in [-0.25, -0.2) is 27.9 Å². The number of sulfonamides is 1. The van der Waals surface area contributed by atoms with Crippen LogP contribution in [0.5, 0.6) is 0 Å². The summed E-state index contributed by atoms with van der Waals surface area (Å²) in [5.41, 5.74) is 8.37. The lowest BCUT2D eigenvalue weighted by Gasteiger charge is -2.10. The molecule has 2 amide bonds. The van der Waals surface area contributed by atoms with E-state index < -0.39 is 16.1 Å². The first-order chi connectivity index (χ1) is 14.7. The predicted molar refractivity (Wildman–Crippen MR) is 133 cm³/mol. The number of nitrogens with one attached hydrogen (secondary N) is 3. The highest BCUT2D eigenvalue weighted by molar-refractivity contribution is 7.90.